The van der Waals surface area contributed by atoms with Crippen molar-refractivity contribution in [2.24, 2.45) is 0 Å². The number of furan rings is 1. The maximum atomic E-state index is 12.7. The zero-order chi connectivity index (χ0) is 17.1. The van der Waals surface area contributed by atoms with Crippen molar-refractivity contribution < 1.29 is 23.2 Å². The summed E-state index contributed by atoms with van der Waals surface area (Å²) >= 11 is 0. The first kappa shape index (κ1) is 15.8. The lowest BCUT2D eigenvalue weighted by atomic mass is 10.3. The fourth-order valence-corrected chi connectivity index (χ4v) is 2.25. The summed E-state index contributed by atoms with van der Waals surface area (Å²) in [5.41, 5.74) is 1.18. The monoisotopic (exact) mass is 328 g/mol. The normalized spacial score (nSPS) is 10.8. The number of para-hydroxylation sites is 2. The zero-order valence-electron chi connectivity index (χ0n) is 13.3. The molecule has 3 rings (SSSR count). The molecule has 0 atom stereocenters. The molecule has 2 aromatic heterocycles. The van der Waals surface area contributed by atoms with E-state index in [1.807, 2.05) is 12.1 Å². The predicted molar refractivity (Wildman–Crippen MR) is 85.8 cm³/mol. The summed E-state index contributed by atoms with van der Waals surface area (Å²) < 4.78 is 15.7. The molecular formula is C17H16N2O5. The van der Waals surface area contributed by atoms with Crippen LogP contribution in [0.25, 0.3) is 11.1 Å². The average molecular weight is 328 g/mol. The number of aromatic nitrogens is 1. The number of anilines is 1. The number of esters is 1. The molecule has 0 unspecified atom stereocenters. The quantitative estimate of drug-likeness (QED) is 0.669. The van der Waals surface area contributed by atoms with Gasteiger partial charge < -0.3 is 13.6 Å². The number of ether oxygens (including phenoxy) is 1. The first-order valence-corrected chi connectivity index (χ1v) is 7.39. The van der Waals surface area contributed by atoms with Crippen LogP contribution in [-0.2, 0) is 9.53 Å². The number of carbonyl (C=O) groups is 2. The van der Waals surface area contributed by atoms with Crippen molar-refractivity contribution in [1.82, 2.24) is 4.98 Å². The molecule has 7 nitrogen and oxygen atoms in total. The van der Waals surface area contributed by atoms with Gasteiger partial charge in [0.05, 0.1) is 13.5 Å². The Hall–Kier alpha value is -3.09. The van der Waals surface area contributed by atoms with Gasteiger partial charge in [-0.25, -0.2) is 0 Å². The minimum Gasteiger partial charge on any atom is -0.469 e. The molecule has 1 aromatic carbocycles. The van der Waals surface area contributed by atoms with Gasteiger partial charge in [-0.3, -0.25) is 14.5 Å². The van der Waals surface area contributed by atoms with Crippen molar-refractivity contribution in [1.29, 1.82) is 0 Å². The number of methoxy groups -OCH3 is 1. The van der Waals surface area contributed by atoms with Crippen LogP contribution in [0, 0.1) is 6.92 Å². The molecule has 0 bridgehead atoms. The van der Waals surface area contributed by atoms with Crippen LogP contribution in [0.3, 0.4) is 0 Å². The zero-order valence-corrected chi connectivity index (χ0v) is 13.3. The Bertz CT molecular complexity index is 847. The van der Waals surface area contributed by atoms with Crippen LogP contribution in [0.2, 0.25) is 0 Å². The Morgan fingerprint density at radius 2 is 1.96 bits per heavy atom. The van der Waals surface area contributed by atoms with E-state index in [0.29, 0.717) is 16.9 Å². The number of hydrogen-bond donors (Lipinski definition) is 0. The van der Waals surface area contributed by atoms with Crippen LogP contribution in [0.5, 0.6) is 0 Å². The van der Waals surface area contributed by atoms with Gasteiger partial charge in [0.15, 0.2) is 11.3 Å². The Morgan fingerprint density at radius 3 is 2.62 bits per heavy atom. The predicted octanol–water partition coefficient (Wildman–Crippen LogP) is 2.94. The van der Waals surface area contributed by atoms with E-state index in [1.54, 1.807) is 31.2 Å². The molecule has 1 amide bonds. The van der Waals surface area contributed by atoms with Crippen molar-refractivity contribution in [3.05, 3.63) is 47.9 Å². The minimum atomic E-state index is -0.432. The standard InChI is InChI=1S/C17H16N2O5/c1-11-7-8-14(23-11)16(21)19(10-9-15(20)22-2)17-18-12-5-3-4-6-13(12)24-17/h3-8H,9-10H2,1-2H3. The van der Waals surface area contributed by atoms with E-state index in [4.69, 9.17) is 8.83 Å². The second kappa shape index (κ2) is 6.57. The second-order valence-electron chi connectivity index (χ2n) is 5.16. The molecule has 0 saturated heterocycles. The highest BCUT2D eigenvalue weighted by Gasteiger charge is 2.25. The molecule has 0 fully saturated rings. The Labute approximate surface area is 137 Å². The molecule has 2 heterocycles. The van der Waals surface area contributed by atoms with Crippen LogP contribution >= 0.6 is 0 Å². The molecule has 0 aliphatic rings. The van der Waals surface area contributed by atoms with Crippen molar-refractivity contribution in [2.75, 3.05) is 18.6 Å². The first-order valence-electron chi connectivity index (χ1n) is 7.39. The lowest BCUT2D eigenvalue weighted by Gasteiger charge is -2.16. The van der Waals surface area contributed by atoms with Gasteiger partial charge in [-0.05, 0) is 31.2 Å². The number of fused-ring (bicyclic) bond motifs is 1. The summed E-state index contributed by atoms with van der Waals surface area (Å²) in [6.07, 6.45) is 0.0145. The third-order valence-electron chi connectivity index (χ3n) is 3.48. The fraction of sp³-hybridized carbons (Fsp3) is 0.235. The van der Waals surface area contributed by atoms with E-state index < -0.39 is 11.9 Å². The molecule has 0 saturated carbocycles. The largest absolute Gasteiger partial charge is 0.469 e. The van der Waals surface area contributed by atoms with Gasteiger partial charge in [-0.15, -0.1) is 0 Å². The van der Waals surface area contributed by atoms with E-state index in [1.165, 1.54) is 12.0 Å². The SMILES string of the molecule is COC(=O)CCN(C(=O)c1ccc(C)o1)c1nc2ccccc2o1. The third-order valence-corrected chi connectivity index (χ3v) is 3.48. The second-order valence-corrected chi connectivity index (χ2v) is 5.16. The highest BCUT2D eigenvalue weighted by Crippen LogP contribution is 2.24. The van der Waals surface area contributed by atoms with Gasteiger partial charge in [-0.1, -0.05) is 12.1 Å². The smallest absolute Gasteiger partial charge is 0.307 e. The molecule has 0 aliphatic heterocycles. The van der Waals surface area contributed by atoms with Crippen molar-refractivity contribution in [3.63, 3.8) is 0 Å². The summed E-state index contributed by atoms with van der Waals surface area (Å²) in [5, 5.41) is 0. The van der Waals surface area contributed by atoms with Gasteiger partial charge in [0.1, 0.15) is 11.3 Å². The van der Waals surface area contributed by atoms with Crippen molar-refractivity contribution in [3.8, 4) is 0 Å². The molecule has 0 aliphatic carbocycles. The number of oxazole rings is 1. The Balaban J connectivity index is 1.94. The average Bonchev–Trinajstić information content (AvgIpc) is 3.20. The van der Waals surface area contributed by atoms with Crippen LogP contribution < -0.4 is 4.90 Å². The van der Waals surface area contributed by atoms with Gasteiger partial charge >= 0.3 is 12.0 Å². The maximum absolute atomic E-state index is 12.7. The topological polar surface area (TPSA) is 85.8 Å². The molecule has 7 heteroatoms. The fourth-order valence-electron chi connectivity index (χ4n) is 2.25. The molecule has 24 heavy (non-hydrogen) atoms. The molecule has 124 valence electrons. The van der Waals surface area contributed by atoms with Crippen molar-refractivity contribution >= 4 is 29.0 Å². The van der Waals surface area contributed by atoms with Gasteiger partial charge in [0, 0.05) is 6.54 Å². The lowest BCUT2D eigenvalue weighted by molar-refractivity contribution is -0.140. The molecule has 0 N–H and O–H groups in total. The summed E-state index contributed by atoms with van der Waals surface area (Å²) in [5.74, 6) is -0.0958. The van der Waals surface area contributed by atoms with E-state index >= 15 is 0 Å². The number of nitrogens with zero attached hydrogens (tertiary/aromatic N) is 2. The lowest BCUT2D eigenvalue weighted by Crippen LogP contribution is -2.33. The summed E-state index contributed by atoms with van der Waals surface area (Å²) in [4.78, 5) is 29.8. The van der Waals surface area contributed by atoms with Gasteiger partial charge in [0.25, 0.3) is 5.91 Å². The van der Waals surface area contributed by atoms with Crippen molar-refractivity contribution in [2.45, 2.75) is 13.3 Å². The van der Waals surface area contributed by atoms with Crippen LogP contribution in [0.15, 0.2) is 45.2 Å². The highest BCUT2D eigenvalue weighted by molar-refractivity contribution is 6.03. The van der Waals surface area contributed by atoms with E-state index in [0.717, 1.165) is 0 Å². The van der Waals surface area contributed by atoms with E-state index in [-0.39, 0.29) is 24.7 Å². The van der Waals surface area contributed by atoms with Crippen LogP contribution in [-0.4, -0.2) is 30.5 Å². The van der Waals surface area contributed by atoms with Gasteiger partial charge in [-0.2, -0.15) is 4.98 Å². The minimum absolute atomic E-state index is 0.0145. The molecular weight excluding hydrogens is 312 g/mol. The van der Waals surface area contributed by atoms with Gasteiger partial charge in [0.2, 0.25) is 0 Å². The number of benzene rings is 1. The molecule has 0 radical (unpaired) electrons. The maximum Gasteiger partial charge on any atom is 0.307 e. The number of carbonyl (C=O) groups excluding carboxylic acids is 2. The Morgan fingerprint density at radius 1 is 1.17 bits per heavy atom. The highest BCUT2D eigenvalue weighted by atomic mass is 16.5. The van der Waals surface area contributed by atoms with E-state index in [9.17, 15) is 9.59 Å². The summed E-state index contributed by atoms with van der Waals surface area (Å²) in [6.45, 7) is 1.81. The molecule has 0 spiro atoms. The molecule has 3 aromatic rings. The van der Waals surface area contributed by atoms with Crippen LogP contribution in [0.4, 0.5) is 6.01 Å². The third kappa shape index (κ3) is 3.15. The van der Waals surface area contributed by atoms with E-state index in [2.05, 4.69) is 9.72 Å². The number of hydrogen-bond acceptors (Lipinski definition) is 6. The van der Waals surface area contributed by atoms with Crippen LogP contribution in [0.1, 0.15) is 22.7 Å². The first-order chi connectivity index (χ1) is 11.6. The summed E-state index contributed by atoms with van der Waals surface area (Å²) in [7, 11) is 1.30. The number of amides is 1. The Kier molecular flexibility index (Phi) is 4.33. The number of aryl methyl sites for hydroxylation is 1. The summed E-state index contributed by atoms with van der Waals surface area (Å²) in [6, 6.07) is 10.6. The number of rotatable bonds is 5.